The van der Waals surface area contributed by atoms with Crippen LogP contribution in [-0.2, 0) is 11.2 Å². The van der Waals surface area contributed by atoms with Crippen molar-refractivity contribution < 1.29 is 9.21 Å². The lowest BCUT2D eigenvalue weighted by Gasteiger charge is -2.07. The zero-order chi connectivity index (χ0) is 20.2. The molecule has 0 aliphatic carbocycles. The van der Waals surface area contributed by atoms with Crippen LogP contribution in [0.4, 0.5) is 0 Å². The van der Waals surface area contributed by atoms with Gasteiger partial charge in [-0.05, 0) is 31.0 Å². The molecule has 3 heterocycles. The molecule has 3 N–H and O–H groups in total. The molecule has 3 aromatic heterocycles. The summed E-state index contributed by atoms with van der Waals surface area (Å²) in [7, 11) is 0. The zero-order valence-electron chi connectivity index (χ0n) is 15.8. The van der Waals surface area contributed by atoms with Crippen LogP contribution in [0.2, 0.25) is 0 Å². The normalized spacial score (nSPS) is 11.1. The Morgan fingerprint density at radius 2 is 2.10 bits per heavy atom. The van der Waals surface area contributed by atoms with Gasteiger partial charge >= 0.3 is 0 Å². The van der Waals surface area contributed by atoms with Gasteiger partial charge in [-0.3, -0.25) is 9.78 Å². The molecule has 0 spiro atoms. The van der Waals surface area contributed by atoms with Crippen LogP contribution in [-0.4, -0.2) is 38.1 Å². The maximum atomic E-state index is 12.2. The number of thioether (sulfide) groups is 1. The lowest BCUT2D eigenvalue weighted by molar-refractivity contribution is -0.118. The number of nitrogens with one attached hydrogen (secondary N) is 1. The summed E-state index contributed by atoms with van der Waals surface area (Å²) in [6.45, 7) is 2.36. The van der Waals surface area contributed by atoms with Crippen molar-refractivity contribution in [3.05, 3.63) is 60.2 Å². The largest absolute Gasteiger partial charge is 0.469 e. The van der Waals surface area contributed by atoms with E-state index in [9.17, 15) is 4.79 Å². The summed E-state index contributed by atoms with van der Waals surface area (Å²) in [6, 6.07) is 11.8. The molecular weight excluding hydrogens is 388 g/mol. The van der Waals surface area contributed by atoms with E-state index in [1.165, 1.54) is 16.4 Å². The number of furan rings is 1. The van der Waals surface area contributed by atoms with E-state index >= 15 is 0 Å². The van der Waals surface area contributed by atoms with Crippen molar-refractivity contribution in [2.45, 2.75) is 18.5 Å². The third-order valence-electron chi connectivity index (χ3n) is 4.53. The summed E-state index contributed by atoms with van der Waals surface area (Å²) in [5.41, 5.74) is 2.86. The molecule has 0 atom stereocenters. The van der Waals surface area contributed by atoms with E-state index in [2.05, 4.69) is 20.5 Å². The molecule has 148 valence electrons. The van der Waals surface area contributed by atoms with E-state index in [0.717, 1.165) is 22.0 Å². The molecule has 0 radical (unpaired) electrons. The van der Waals surface area contributed by atoms with E-state index in [0.29, 0.717) is 29.7 Å². The zero-order valence-corrected chi connectivity index (χ0v) is 16.6. The van der Waals surface area contributed by atoms with Crippen LogP contribution >= 0.6 is 11.8 Å². The predicted octanol–water partition coefficient (Wildman–Crippen LogP) is 2.56. The van der Waals surface area contributed by atoms with Crippen LogP contribution in [0, 0.1) is 6.92 Å². The van der Waals surface area contributed by atoms with E-state index in [4.69, 9.17) is 10.3 Å². The summed E-state index contributed by atoms with van der Waals surface area (Å²) in [5.74, 6) is 7.39. The highest BCUT2D eigenvalue weighted by Gasteiger charge is 2.16. The minimum atomic E-state index is -0.0905. The standard InChI is InChI=1S/C20H20N6O2S/c1-13-16(8-11-28-13)19-24-25-20(26(19)21)29-12-17(27)22-10-7-15-5-2-4-14-6-3-9-23-18(14)15/h2-6,8-9,11H,7,10,12,21H2,1H3,(H,22,27). The van der Waals surface area contributed by atoms with E-state index in [1.54, 1.807) is 18.5 Å². The smallest absolute Gasteiger partial charge is 0.230 e. The molecule has 0 bridgehead atoms. The molecule has 0 aliphatic rings. The second-order valence-corrected chi connectivity index (χ2v) is 7.39. The van der Waals surface area contributed by atoms with Gasteiger partial charge in [0.05, 0.1) is 23.1 Å². The van der Waals surface area contributed by atoms with Crippen molar-refractivity contribution in [1.29, 1.82) is 0 Å². The number of pyridine rings is 1. The third-order valence-corrected chi connectivity index (χ3v) is 5.47. The topological polar surface area (TPSA) is 112 Å². The number of aryl methyl sites for hydroxylation is 1. The van der Waals surface area contributed by atoms with Crippen molar-refractivity contribution in [2.24, 2.45) is 0 Å². The number of hydrogen-bond acceptors (Lipinski definition) is 7. The van der Waals surface area contributed by atoms with Crippen molar-refractivity contribution in [3.8, 4) is 11.4 Å². The Morgan fingerprint density at radius 1 is 1.24 bits per heavy atom. The van der Waals surface area contributed by atoms with E-state index in [-0.39, 0.29) is 11.7 Å². The molecule has 4 rings (SSSR count). The van der Waals surface area contributed by atoms with Crippen molar-refractivity contribution in [2.75, 3.05) is 18.1 Å². The van der Waals surface area contributed by atoms with Crippen molar-refractivity contribution >= 4 is 28.6 Å². The number of hydrogen-bond donors (Lipinski definition) is 2. The maximum absolute atomic E-state index is 12.2. The lowest BCUT2D eigenvalue weighted by atomic mass is 10.1. The first-order valence-corrected chi connectivity index (χ1v) is 10.1. The fourth-order valence-corrected chi connectivity index (χ4v) is 3.75. The molecule has 9 heteroatoms. The van der Waals surface area contributed by atoms with Gasteiger partial charge in [0.15, 0.2) is 5.82 Å². The lowest BCUT2D eigenvalue weighted by Crippen LogP contribution is -2.27. The fourth-order valence-electron chi connectivity index (χ4n) is 3.06. The quantitative estimate of drug-likeness (QED) is 0.357. The Hall–Kier alpha value is -3.33. The van der Waals surface area contributed by atoms with Gasteiger partial charge in [-0.15, -0.1) is 10.2 Å². The van der Waals surface area contributed by atoms with Gasteiger partial charge in [0.1, 0.15) is 5.76 Å². The minimum Gasteiger partial charge on any atom is -0.469 e. The average molecular weight is 408 g/mol. The number of fused-ring (bicyclic) bond motifs is 1. The van der Waals surface area contributed by atoms with Crippen molar-refractivity contribution in [1.82, 2.24) is 25.2 Å². The molecule has 0 fully saturated rings. The average Bonchev–Trinajstić information content (AvgIpc) is 3.31. The Bertz CT molecular complexity index is 1150. The van der Waals surface area contributed by atoms with Crippen LogP contribution in [0.3, 0.4) is 0 Å². The Labute approximate surface area is 171 Å². The van der Waals surface area contributed by atoms with Crippen LogP contribution in [0.25, 0.3) is 22.3 Å². The highest BCUT2D eigenvalue weighted by Crippen LogP contribution is 2.24. The Kier molecular flexibility index (Phi) is 5.48. The van der Waals surface area contributed by atoms with Gasteiger partial charge in [-0.1, -0.05) is 36.0 Å². The summed E-state index contributed by atoms with van der Waals surface area (Å²) in [5, 5.41) is 12.7. The minimum absolute atomic E-state index is 0.0905. The van der Waals surface area contributed by atoms with E-state index in [1.807, 2.05) is 37.3 Å². The number of nitrogens with two attached hydrogens (primary N) is 1. The summed E-state index contributed by atoms with van der Waals surface area (Å²) in [4.78, 5) is 16.6. The number of benzene rings is 1. The van der Waals surface area contributed by atoms with Gasteiger partial charge in [0, 0.05) is 18.1 Å². The first kappa shape index (κ1) is 19.0. The molecule has 0 saturated carbocycles. The Balaban J connectivity index is 1.31. The highest BCUT2D eigenvalue weighted by atomic mass is 32.2. The number of rotatable bonds is 7. The molecule has 1 amide bonds. The fraction of sp³-hybridized carbons (Fsp3) is 0.200. The molecule has 0 saturated heterocycles. The highest BCUT2D eigenvalue weighted by molar-refractivity contribution is 7.99. The van der Waals surface area contributed by atoms with Crippen LogP contribution < -0.4 is 11.2 Å². The number of carbonyl (C=O) groups excluding carboxylic acids is 1. The number of para-hydroxylation sites is 1. The number of nitrogen functional groups attached to an aromatic ring is 1. The first-order chi connectivity index (χ1) is 14.1. The molecule has 1 aromatic carbocycles. The van der Waals surface area contributed by atoms with Gasteiger partial charge in [0.2, 0.25) is 11.1 Å². The van der Waals surface area contributed by atoms with Gasteiger partial charge < -0.3 is 15.6 Å². The molecule has 0 unspecified atom stereocenters. The number of aromatic nitrogens is 4. The second-order valence-electron chi connectivity index (χ2n) is 6.45. The summed E-state index contributed by atoms with van der Waals surface area (Å²) in [6.07, 6.45) is 4.07. The summed E-state index contributed by atoms with van der Waals surface area (Å²) < 4.78 is 6.65. The van der Waals surface area contributed by atoms with Crippen LogP contribution in [0.1, 0.15) is 11.3 Å². The number of nitrogens with zero attached hydrogens (tertiary/aromatic N) is 4. The predicted molar refractivity (Wildman–Crippen MR) is 112 cm³/mol. The Morgan fingerprint density at radius 3 is 2.93 bits per heavy atom. The van der Waals surface area contributed by atoms with Crippen LogP contribution in [0.15, 0.2) is 58.4 Å². The monoisotopic (exact) mass is 408 g/mol. The number of amides is 1. The van der Waals surface area contributed by atoms with Gasteiger partial charge in [0.25, 0.3) is 0 Å². The summed E-state index contributed by atoms with van der Waals surface area (Å²) >= 11 is 1.24. The van der Waals surface area contributed by atoms with Gasteiger partial charge in [-0.25, -0.2) is 4.68 Å². The SMILES string of the molecule is Cc1occc1-c1nnc(SCC(=O)NCCc2cccc3cccnc23)n1N. The first-order valence-electron chi connectivity index (χ1n) is 9.10. The maximum Gasteiger partial charge on any atom is 0.230 e. The number of carbonyl (C=O) groups is 1. The van der Waals surface area contributed by atoms with Crippen molar-refractivity contribution in [3.63, 3.8) is 0 Å². The molecule has 0 aliphatic heterocycles. The molecule has 4 aromatic rings. The third kappa shape index (κ3) is 4.09. The molecular formula is C20H20N6O2S. The molecule has 8 nitrogen and oxygen atoms in total. The second kappa shape index (κ2) is 8.36. The van der Waals surface area contributed by atoms with E-state index < -0.39 is 0 Å². The molecule has 29 heavy (non-hydrogen) atoms. The van der Waals surface area contributed by atoms with Gasteiger partial charge in [-0.2, -0.15) is 0 Å². The van der Waals surface area contributed by atoms with Crippen LogP contribution in [0.5, 0.6) is 0 Å².